The average Bonchev–Trinajstić information content (AvgIpc) is 2.74. The lowest BCUT2D eigenvalue weighted by atomic mass is 10.1. The van der Waals surface area contributed by atoms with Crippen molar-refractivity contribution in [3.8, 4) is 0 Å². The number of aromatic nitrogens is 2. The third-order valence-electron chi connectivity index (χ3n) is 4.57. The molecule has 1 aliphatic rings. The minimum Gasteiger partial charge on any atom is -0.325 e. The summed E-state index contributed by atoms with van der Waals surface area (Å²) in [6, 6.07) is 17.0. The number of thioether (sulfide) groups is 1. The highest BCUT2D eigenvalue weighted by Gasteiger charge is 2.24. The average molecular weight is 375 g/mol. The quantitative estimate of drug-likeness (QED) is 0.601. The van der Waals surface area contributed by atoms with Crippen LogP contribution in [0.5, 0.6) is 0 Å². The second-order valence-corrected chi connectivity index (χ2v) is 7.62. The van der Waals surface area contributed by atoms with E-state index in [2.05, 4.69) is 58.2 Å². The lowest BCUT2D eigenvalue weighted by Gasteiger charge is -2.32. The van der Waals surface area contributed by atoms with Crippen molar-refractivity contribution in [2.75, 3.05) is 11.4 Å². The van der Waals surface area contributed by atoms with Crippen molar-refractivity contribution in [3.63, 3.8) is 0 Å². The molecule has 0 fully saturated rings. The molecule has 3 aromatic rings. The van der Waals surface area contributed by atoms with Crippen LogP contribution in [0.15, 0.2) is 83.2 Å². The number of nitrogens with zero attached hydrogens (tertiary/aromatic N) is 4. The first-order valence-corrected chi connectivity index (χ1v) is 10.2. The summed E-state index contributed by atoms with van der Waals surface area (Å²) in [5, 5.41) is 0. The Morgan fingerprint density at radius 1 is 1.00 bits per heavy atom. The van der Waals surface area contributed by atoms with Gasteiger partial charge in [0.1, 0.15) is 5.84 Å². The molecule has 0 saturated carbocycles. The molecule has 3 heterocycles. The van der Waals surface area contributed by atoms with Crippen LogP contribution < -0.4 is 4.90 Å². The van der Waals surface area contributed by atoms with E-state index in [1.807, 2.05) is 48.7 Å². The maximum atomic E-state index is 5.02. The van der Waals surface area contributed by atoms with Crippen LogP contribution in [-0.4, -0.2) is 28.4 Å². The Balaban J connectivity index is 1.66. The van der Waals surface area contributed by atoms with Gasteiger partial charge in [-0.15, -0.1) is 11.8 Å². The number of pyridine rings is 2. The number of hydrogen-bond acceptors (Lipinski definition) is 5. The molecular formula is C22H22N4S. The van der Waals surface area contributed by atoms with Crippen molar-refractivity contribution in [1.29, 1.82) is 0 Å². The van der Waals surface area contributed by atoms with Crippen LogP contribution in [0.25, 0.3) is 0 Å². The van der Waals surface area contributed by atoms with Crippen LogP contribution in [0.4, 0.5) is 5.69 Å². The first kappa shape index (κ1) is 17.7. The predicted octanol–water partition coefficient (Wildman–Crippen LogP) is 4.81. The molecule has 27 heavy (non-hydrogen) atoms. The molecular weight excluding hydrogens is 352 g/mol. The van der Waals surface area contributed by atoms with Crippen molar-refractivity contribution in [2.45, 2.75) is 30.0 Å². The van der Waals surface area contributed by atoms with Gasteiger partial charge in [-0.2, -0.15) is 0 Å². The molecule has 1 aliphatic heterocycles. The minimum atomic E-state index is 0.323. The molecule has 0 saturated heterocycles. The van der Waals surface area contributed by atoms with Crippen LogP contribution in [0.1, 0.15) is 24.5 Å². The number of hydrogen-bond donors (Lipinski definition) is 0. The Kier molecular flexibility index (Phi) is 5.49. The van der Waals surface area contributed by atoms with Crippen molar-refractivity contribution in [2.24, 2.45) is 4.99 Å². The maximum absolute atomic E-state index is 5.02. The fourth-order valence-corrected chi connectivity index (χ4v) is 4.15. The van der Waals surface area contributed by atoms with E-state index in [1.165, 1.54) is 16.0 Å². The predicted molar refractivity (Wildman–Crippen MR) is 112 cm³/mol. The molecule has 4 rings (SSSR count). The van der Waals surface area contributed by atoms with Crippen LogP contribution >= 0.6 is 11.8 Å². The molecule has 4 nitrogen and oxygen atoms in total. The molecule has 0 N–H and O–H groups in total. The Morgan fingerprint density at radius 3 is 2.59 bits per heavy atom. The molecule has 136 valence electrons. The second kappa shape index (κ2) is 8.35. The second-order valence-electron chi connectivity index (χ2n) is 6.60. The van der Waals surface area contributed by atoms with Crippen molar-refractivity contribution in [1.82, 2.24) is 9.97 Å². The molecule has 1 aromatic carbocycles. The lowest BCUT2D eigenvalue weighted by molar-refractivity contribution is 0.645. The smallest absolute Gasteiger partial charge is 0.136 e. The van der Waals surface area contributed by atoms with Gasteiger partial charge in [0.05, 0.1) is 17.9 Å². The largest absolute Gasteiger partial charge is 0.325 e. The van der Waals surface area contributed by atoms with E-state index in [0.717, 1.165) is 30.2 Å². The van der Waals surface area contributed by atoms with E-state index in [9.17, 15) is 0 Å². The van der Waals surface area contributed by atoms with E-state index in [-0.39, 0.29) is 0 Å². The van der Waals surface area contributed by atoms with Gasteiger partial charge in [-0.05, 0) is 43.2 Å². The fraction of sp³-hybridized carbons (Fsp3) is 0.227. The summed E-state index contributed by atoms with van der Waals surface area (Å²) in [6.07, 6.45) is 8.51. The lowest BCUT2D eigenvalue weighted by Crippen LogP contribution is -2.39. The topological polar surface area (TPSA) is 41.4 Å². The van der Waals surface area contributed by atoms with E-state index in [1.54, 1.807) is 0 Å². The third kappa shape index (κ3) is 4.19. The van der Waals surface area contributed by atoms with Crippen LogP contribution in [0.3, 0.4) is 0 Å². The first-order valence-electron chi connectivity index (χ1n) is 9.18. The van der Waals surface area contributed by atoms with Crippen molar-refractivity contribution in [3.05, 3.63) is 84.4 Å². The van der Waals surface area contributed by atoms with Crippen molar-refractivity contribution >= 4 is 23.3 Å². The highest BCUT2D eigenvalue weighted by Crippen LogP contribution is 2.30. The first-order chi connectivity index (χ1) is 13.3. The van der Waals surface area contributed by atoms with Crippen LogP contribution in [-0.2, 0) is 5.75 Å². The molecule has 5 heteroatoms. The molecule has 0 aliphatic carbocycles. The zero-order chi connectivity index (χ0) is 18.5. The highest BCUT2D eigenvalue weighted by atomic mass is 32.2. The van der Waals surface area contributed by atoms with Crippen LogP contribution in [0, 0.1) is 0 Å². The zero-order valence-corrected chi connectivity index (χ0v) is 16.1. The molecule has 1 atom stereocenters. The van der Waals surface area contributed by atoms with Gasteiger partial charge in [-0.1, -0.05) is 24.3 Å². The van der Waals surface area contributed by atoms with Gasteiger partial charge in [0.25, 0.3) is 0 Å². The summed E-state index contributed by atoms with van der Waals surface area (Å²) in [4.78, 5) is 17.1. The van der Waals surface area contributed by atoms with Gasteiger partial charge in [-0.3, -0.25) is 15.0 Å². The number of anilines is 1. The molecule has 0 radical (unpaired) electrons. The SMILES string of the molecule is CC1CCN(c2cccnc2)C(c2ccccc2SCc2cccnc2)=N1. The van der Waals surface area contributed by atoms with Gasteiger partial charge >= 0.3 is 0 Å². The van der Waals surface area contributed by atoms with E-state index in [0.29, 0.717) is 6.04 Å². The van der Waals surface area contributed by atoms with E-state index >= 15 is 0 Å². The summed E-state index contributed by atoms with van der Waals surface area (Å²) in [7, 11) is 0. The van der Waals surface area contributed by atoms with Gasteiger partial charge in [-0.25, -0.2) is 0 Å². The summed E-state index contributed by atoms with van der Waals surface area (Å²) in [5.41, 5.74) is 3.50. The van der Waals surface area contributed by atoms with Gasteiger partial charge < -0.3 is 4.90 Å². The third-order valence-corrected chi connectivity index (χ3v) is 5.72. The van der Waals surface area contributed by atoms with Gasteiger partial charge in [0.15, 0.2) is 0 Å². The Hall–Kier alpha value is -2.66. The fourth-order valence-electron chi connectivity index (χ4n) is 3.17. The Bertz CT molecular complexity index is 912. The normalized spacial score (nSPS) is 16.9. The Morgan fingerprint density at radius 2 is 1.81 bits per heavy atom. The van der Waals surface area contributed by atoms with Crippen LogP contribution in [0.2, 0.25) is 0 Å². The molecule has 0 spiro atoms. The summed E-state index contributed by atoms with van der Waals surface area (Å²) in [6.45, 7) is 3.14. The number of rotatable bonds is 5. The molecule has 2 aromatic heterocycles. The number of aliphatic imine (C=N–C) groups is 1. The summed E-state index contributed by atoms with van der Waals surface area (Å²) in [5.74, 6) is 1.93. The van der Waals surface area contributed by atoms with E-state index in [4.69, 9.17) is 4.99 Å². The molecule has 0 bridgehead atoms. The number of amidine groups is 1. The Labute approximate surface area is 164 Å². The monoisotopic (exact) mass is 374 g/mol. The highest BCUT2D eigenvalue weighted by molar-refractivity contribution is 7.98. The maximum Gasteiger partial charge on any atom is 0.136 e. The summed E-state index contributed by atoms with van der Waals surface area (Å²) >= 11 is 1.83. The molecule has 1 unspecified atom stereocenters. The van der Waals surface area contributed by atoms with E-state index < -0.39 is 0 Å². The van der Waals surface area contributed by atoms with Gasteiger partial charge in [0, 0.05) is 41.3 Å². The minimum absolute atomic E-state index is 0.323. The standard InChI is InChI=1S/C22H22N4S/c1-17-10-13-26(19-7-5-12-24-15-19)22(25-17)20-8-2-3-9-21(20)27-16-18-6-4-11-23-14-18/h2-9,11-12,14-15,17H,10,13,16H2,1H3. The van der Waals surface area contributed by atoms with Gasteiger partial charge in [0.2, 0.25) is 0 Å². The zero-order valence-electron chi connectivity index (χ0n) is 15.3. The molecule has 0 amide bonds. The summed E-state index contributed by atoms with van der Waals surface area (Å²) < 4.78 is 0. The number of benzene rings is 1. The van der Waals surface area contributed by atoms with Crippen molar-refractivity contribution < 1.29 is 0 Å².